The van der Waals surface area contributed by atoms with Crippen molar-refractivity contribution >= 4 is 35.0 Å². The summed E-state index contributed by atoms with van der Waals surface area (Å²) in [5.74, 6) is 0.519. The number of nitrogens with two attached hydrogens (primary N) is 1. The number of piperidine rings is 1. The number of carbonyl (C=O) groups is 2. The second-order valence-electron chi connectivity index (χ2n) is 6.91. The summed E-state index contributed by atoms with van der Waals surface area (Å²) in [4.78, 5) is 25.9. The lowest BCUT2D eigenvalue weighted by atomic mass is 10.1. The summed E-state index contributed by atoms with van der Waals surface area (Å²) in [6.07, 6.45) is 2.10. The van der Waals surface area contributed by atoms with E-state index in [2.05, 4.69) is 10.6 Å². The molecule has 2 saturated heterocycles. The predicted octanol–water partition coefficient (Wildman–Crippen LogP) is 1.17. The monoisotopic (exact) mass is 414 g/mol. The van der Waals surface area contributed by atoms with Crippen molar-refractivity contribution in [1.82, 2.24) is 15.5 Å². The fourth-order valence-electron chi connectivity index (χ4n) is 3.52. The predicted molar refractivity (Wildman–Crippen MR) is 104 cm³/mol. The number of rotatable bonds is 5. The molecule has 0 spiro atoms. The molecule has 0 unspecified atom stereocenters. The van der Waals surface area contributed by atoms with Crippen molar-refractivity contribution in [2.45, 2.75) is 37.5 Å². The van der Waals surface area contributed by atoms with Gasteiger partial charge in [0.2, 0.25) is 11.8 Å². The third-order valence-electron chi connectivity index (χ3n) is 4.87. The van der Waals surface area contributed by atoms with Gasteiger partial charge in [0.05, 0.1) is 12.6 Å². The number of carbonyl (C=O) groups excluding carboxylic acids is 2. The largest absolute Gasteiger partial charge is 0.490 e. The number of ether oxygens (including phenoxy) is 1. The smallest absolute Gasteiger partial charge is 0.239 e. The van der Waals surface area contributed by atoms with Crippen molar-refractivity contribution in [3.8, 4) is 5.75 Å². The van der Waals surface area contributed by atoms with Crippen LogP contribution < -0.4 is 21.1 Å². The van der Waals surface area contributed by atoms with Gasteiger partial charge in [-0.2, -0.15) is 0 Å². The summed E-state index contributed by atoms with van der Waals surface area (Å²) < 4.78 is 5.96. The van der Waals surface area contributed by atoms with Crippen LogP contribution in [0.1, 0.15) is 19.3 Å². The van der Waals surface area contributed by atoms with Gasteiger partial charge in [0, 0.05) is 48.6 Å². The quantitative estimate of drug-likeness (QED) is 0.671. The minimum atomic E-state index is -0.266. The molecule has 2 heterocycles. The molecule has 0 aliphatic carbocycles. The molecule has 148 valence electrons. The molecule has 1 aromatic rings. The first-order valence-corrected chi connectivity index (χ1v) is 9.84. The molecule has 1 aromatic carbocycles. The zero-order chi connectivity index (χ0) is 19.4. The molecule has 2 amide bonds. The second-order valence-corrected chi connectivity index (χ2v) is 7.79. The van der Waals surface area contributed by atoms with Gasteiger partial charge in [0.15, 0.2) is 0 Å². The summed E-state index contributed by atoms with van der Waals surface area (Å²) >= 11 is 12.0. The number of nitrogens with one attached hydrogen (secondary N) is 2. The Kier molecular flexibility index (Phi) is 6.81. The third kappa shape index (κ3) is 5.48. The molecule has 7 nitrogen and oxygen atoms in total. The Labute approximate surface area is 168 Å². The number of hydrogen-bond acceptors (Lipinski definition) is 5. The van der Waals surface area contributed by atoms with Crippen LogP contribution in [0, 0.1) is 0 Å². The number of halogens is 2. The highest BCUT2D eigenvalue weighted by atomic mass is 35.5. The van der Waals surface area contributed by atoms with Crippen LogP contribution in [0.3, 0.4) is 0 Å². The molecule has 0 aromatic heterocycles. The van der Waals surface area contributed by atoms with Gasteiger partial charge in [-0.1, -0.05) is 23.2 Å². The molecule has 2 aliphatic heterocycles. The summed E-state index contributed by atoms with van der Waals surface area (Å²) in [7, 11) is 0. The molecule has 3 rings (SSSR count). The number of benzene rings is 1. The van der Waals surface area contributed by atoms with E-state index < -0.39 is 0 Å². The highest BCUT2D eigenvalue weighted by Gasteiger charge is 2.34. The summed E-state index contributed by atoms with van der Waals surface area (Å²) in [5, 5.41) is 7.08. The lowest BCUT2D eigenvalue weighted by Gasteiger charge is -2.33. The molecule has 0 bridgehead atoms. The zero-order valence-corrected chi connectivity index (χ0v) is 16.4. The lowest BCUT2D eigenvalue weighted by molar-refractivity contribution is -0.135. The van der Waals surface area contributed by atoms with E-state index in [-0.39, 0.29) is 36.5 Å². The lowest BCUT2D eigenvalue weighted by Crippen LogP contribution is -2.48. The van der Waals surface area contributed by atoms with Crippen molar-refractivity contribution in [2.75, 3.05) is 26.2 Å². The molecule has 2 atom stereocenters. The maximum atomic E-state index is 12.7. The van der Waals surface area contributed by atoms with Crippen LogP contribution in [0.25, 0.3) is 0 Å². The van der Waals surface area contributed by atoms with E-state index in [1.54, 1.807) is 18.2 Å². The van der Waals surface area contributed by atoms with Gasteiger partial charge in [0.25, 0.3) is 0 Å². The molecular weight excluding hydrogens is 391 g/mol. The van der Waals surface area contributed by atoms with E-state index in [1.165, 1.54) is 0 Å². The normalized spacial score (nSPS) is 23.3. The second kappa shape index (κ2) is 9.10. The molecule has 2 aliphatic rings. The van der Waals surface area contributed by atoms with E-state index in [4.69, 9.17) is 33.7 Å². The van der Waals surface area contributed by atoms with Gasteiger partial charge >= 0.3 is 0 Å². The highest BCUT2D eigenvalue weighted by molar-refractivity contribution is 6.34. The average Bonchev–Trinajstić information content (AvgIpc) is 3.09. The Bertz CT molecular complexity index is 675. The van der Waals surface area contributed by atoms with E-state index in [0.717, 1.165) is 12.8 Å². The van der Waals surface area contributed by atoms with Crippen LogP contribution in [0.5, 0.6) is 5.75 Å². The maximum absolute atomic E-state index is 12.7. The van der Waals surface area contributed by atoms with E-state index in [0.29, 0.717) is 41.8 Å². The minimum absolute atomic E-state index is 0.0247. The molecule has 2 fully saturated rings. The summed E-state index contributed by atoms with van der Waals surface area (Å²) in [6, 6.07) is 4.82. The van der Waals surface area contributed by atoms with Crippen LogP contribution >= 0.6 is 23.2 Å². The minimum Gasteiger partial charge on any atom is -0.490 e. The Hall–Kier alpha value is -1.54. The zero-order valence-electron chi connectivity index (χ0n) is 14.9. The molecule has 0 radical (unpaired) electrons. The number of hydrogen-bond donors (Lipinski definition) is 3. The SMILES string of the molecule is NCC(=O)N[C@H]1CN[C@H](C(=O)N2CCC(Oc3cc(Cl)cc(Cl)c3)CC2)C1. The Morgan fingerprint density at radius 3 is 2.52 bits per heavy atom. The van der Waals surface area contributed by atoms with Gasteiger partial charge in [-0.15, -0.1) is 0 Å². The van der Waals surface area contributed by atoms with Crippen molar-refractivity contribution in [2.24, 2.45) is 5.73 Å². The fraction of sp³-hybridized carbons (Fsp3) is 0.556. The molecule has 4 N–H and O–H groups in total. The molecule has 27 heavy (non-hydrogen) atoms. The first kappa shape index (κ1) is 20.2. The van der Waals surface area contributed by atoms with Crippen molar-refractivity contribution in [3.05, 3.63) is 28.2 Å². The van der Waals surface area contributed by atoms with Gasteiger partial charge < -0.3 is 26.0 Å². The standard InChI is InChI=1S/C18H24Cl2N4O3/c19-11-5-12(20)7-15(6-11)27-14-1-3-24(4-2-14)18(26)16-8-13(10-22-16)23-17(25)9-21/h5-7,13-14,16,22H,1-4,8-10,21H2,(H,23,25)/t13-,16+/m1/s1. The fourth-order valence-corrected chi connectivity index (χ4v) is 4.03. The number of likely N-dealkylation sites (tertiary alicyclic amines) is 1. The van der Waals surface area contributed by atoms with Crippen LogP contribution in [0.2, 0.25) is 10.0 Å². The Balaban J connectivity index is 1.46. The first-order chi connectivity index (χ1) is 12.9. The van der Waals surface area contributed by atoms with Crippen molar-refractivity contribution in [3.63, 3.8) is 0 Å². The van der Waals surface area contributed by atoms with E-state index >= 15 is 0 Å². The van der Waals surface area contributed by atoms with Crippen molar-refractivity contribution in [1.29, 1.82) is 0 Å². The van der Waals surface area contributed by atoms with Crippen LogP contribution in [0.15, 0.2) is 18.2 Å². The van der Waals surface area contributed by atoms with E-state index in [9.17, 15) is 9.59 Å². The molecule has 9 heteroatoms. The topological polar surface area (TPSA) is 96.7 Å². The van der Waals surface area contributed by atoms with Gasteiger partial charge in [-0.05, 0) is 24.6 Å². The first-order valence-electron chi connectivity index (χ1n) is 9.09. The number of amides is 2. The van der Waals surface area contributed by atoms with Crippen LogP contribution in [0.4, 0.5) is 0 Å². The number of nitrogens with zero attached hydrogens (tertiary/aromatic N) is 1. The third-order valence-corrected chi connectivity index (χ3v) is 5.31. The van der Waals surface area contributed by atoms with Gasteiger partial charge in [0.1, 0.15) is 11.9 Å². The Morgan fingerprint density at radius 2 is 1.89 bits per heavy atom. The molecular formula is C18H24Cl2N4O3. The summed E-state index contributed by atoms with van der Waals surface area (Å²) in [5.41, 5.74) is 5.31. The highest BCUT2D eigenvalue weighted by Crippen LogP contribution is 2.27. The molecule has 0 saturated carbocycles. The Morgan fingerprint density at radius 1 is 1.22 bits per heavy atom. The van der Waals surface area contributed by atoms with Crippen LogP contribution in [-0.2, 0) is 9.59 Å². The van der Waals surface area contributed by atoms with E-state index in [1.807, 2.05) is 4.90 Å². The van der Waals surface area contributed by atoms with Gasteiger partial charge in [-0.3, -0.25) is 9.59 Å². The summed E-state index contributed by atoms with van der Waals surface area (Å²) in [6.45, 7) is 1.81. The van der Waals surface area contributed by atoms with Crippen LogP contribution in [-0.4, -0.2) is 61.1 Å². The van der Waals surface area contributed by atoms with Gasteiger partial charge in [-0.25, -0.2) is 0 Å². The average molecular weight is 415 g/mol. The van der Waals surface area contributed by atoms with Crippen molar-refractivity contribution < 1.29 is 14.3 Å². The maximum Gasteiger partial charge on any atom is 0.239 e.